The van der Waals surface area contributed by atoms with Crippen molar-refractivity contribution in [2.75, 3.05) is 20.2 Å². The van der Waals surface area contributed by atoms with Crippen LogP contribution < -0.4 is 15.1 Å². The van der Waals surface area contributed by atoms with Crippen molar-refractivity contribution in [2.24, 2.45) is 0 Å². The molecular formula is C21H19ClN2O5. The maximum Gasteiger partial charge on any atom is 0.349 e. The first-order chi connectivity index (χ1) is 14.1. The summed E-state index contributed by atoms with van der Waals surface area (Å²) in [7, 11) is 1.50. The highest BCUT2D eigenvalue weighted by Crippen LogP contribution is 2.27. The zero-order chi connectivity index (χ0) is 20.4. The number of methoxy groups -OCH3 is 1. The molecule has 4 rings (SSSR count). The zero-order valence-corrected chi connectivity index (χ0v) is 16.5. The molecule has 0 unspecified atom stereocenters. The summed E-state index contributed by atoms with van der Waals surface area (Å²) < 4.78 is 16.5. The van der Waals surface area contributed by atoms with Crippen molar-refractivity contribution in [2.45, 2.75) is 18.9 Å². The molecule has 0 atom stereocenters. The van der Waals surface area contributed by atoms with Crippen LogP contribution >= 0.6 is 11.6 Å². The number of carbonyl (C=O) groups is 1. The average molecular weight is 415 g/mol. The number of ether oxygens (including phenoxy) is 2. The predicted octanol–water partition coefficient (Wildman–Crippen LogP) is 3.53. The first-order valence-electron chi connectivity index (χ1n) is 9.23. The van der Waals surface area contributed by atoms with Crippen molar-refractivity contribution in [1.29, 1.82) is 0 Å². The summed E-state index contributed by atoms with van der Waals surface area (Å²) in [6, 6.07) is 8.53. The zero-order valence-electron chi connectivity index (χ0n) is 15.8. The molecule has 1 aromatic carbocycles. The predicted molar refractivity (Wildman–Crippen MR) is 108 cm³/mol. The topological polar surface area (TPSA) is 81.9 Å². The molecule has 0 aliphatic carbocycles. The standard InChI is InChI=1S/C21H19ClN2O5/c1-27-18-4-2-3-13-11-15(21(26)29-19(13)18)20(25)24-9-6-14(7-10-24)28-17-5-8-23-12-16(17)22/h2-5,8,11-12,14H,6-7,9-10H2,1H3. The van der Waals surface area contributed by atoms with Gasteiger partial charge in [0.15, 0.2) is 11.3 Å². The summed E-state index contributed by atoms with van der Waals surface area (Å²) in [5, 5.41) is 1.09. The fourth-order valence-electron chi connectivity index (χ4n) is 3.41. The minimum Gasteiger partial charge on any atom is -0.493 e. The summed E-state index contributed by atoms with van der Waals surface area (Å²) in [5.41, 5.74) is -0.325. The number of aromatic nitrogens is 1. The van der Waals surface area contributed by atoms with Crippen LogP contribution in [0.3, 0.4) is 0 Å². The number of rotatable bonds is 4. The van der Waals surface area contributed by atoms with Gasteiger partial charge in [0.1, 0.15) is 22.4 Å². The van der Waals surface area contributed by atoms with Crippen LogP contribution in [0.2, 0.25) is 5.02 Å². The Balaban J connectivity index is 1.48. The van der Waals surface area contributed by atoms with E-state index in [9.17, 15) is 9.59 Å². The first kappa shape index (κ1) is 19.3. The van der Waals surface area contributed by atoms with Crippen molar-refractivity contribution in [3.05, 3.63) is 63.7 Å². The molecule has 0 N–H and O–H groups in total. The molecule has 0 saturated carbocycles. The number of carbonyl (C=O) groups excluding carboxylic acids is 1. The van der Waals surface area contributed by atoms with Crippen LogP contribution in [-0.4, -0.2) is 42.1 Å². The van der Waals surface area contributed by atoms with Crippen LogP contribution in [0, 0.1) is 0 Å². The third-order valence-corrected chi connectivity index (χ3v) is 5.22. The summed E-state index contributed by atoms with van der Waals surface area (Å²) in [4.78, 5) is 30.9. The second-order valence-electron chi connectivity index (χ2n) is 6.74. The molecule has 150 valence electrons. The second-order valence-corrected chi connectivity index (χ2v) is 7.15. The monoisotopic (exact) mass is 414 g/mol. The van der Waals surface area contributed by atoms with Gasteiger partial charge in [0.05, 0.1) is 7.11 Å². The maximum atomic E-state index is 12.9. The lowest BCUT2D eigenvalue weighted by Gasteiger charge is -2.32. The van der Waals surface area contributed by atoms with E-state index in [-0.39, 0.29) is 17.6 Å². The van der Waals surface area contributed by atoms with Gasteiger partial charge < -0.3 is 18.8 Å². The van der Waals surface area contributed by atoms with Gasteiger partial charge in [-0.25, -0.2) is 4.79 Å². The molecule has 0 bridgehead atoms. The van der Waals surface area contributed by atoms with Crippen LogP contribution in [0.15, 0.2) is 51.9 Å². The second kappa shape index (κ2) is 8.13. The van der Waals surface area contributed by atoms with E-state index in [0.717, 1.165) is 0 Å². The van der Waals surface area contributed by atoms with Crippen molar-refractivity contribution in [3.8, 4) is 11.5 Å². The van der Waals surface area contributed by atoms with Gasteiger partial charge in [0.2, 0.25) is 0 Å². The number of halogens is 1. The van der Waals surface area contributed by atoms with E-state index in [1.54, 1.807) is 41.4 Å². The van der Waals surface area contributed by atoms with Crippen molar-refractivity contribution in [1.82, 2.24) is 9.88 Å². The van der Waals surface area contributed by atoms with E-state index in [2.05, 4.69) is 4.98 Å². The van der Waals surface area contributed by atoms with Gasteiger partial charge in [0.25, 0.3) is 5.91 Å². The number of hydrogen-bond acceptors (Lipinski definition) is 6. The van der Waals surface area contributed by atoms with Gasteiger partial charge in [-0.2, -0.15) is 0 Å². The molecule has 0 radical (unpaired) electrons. The quantitative estimate of drug-likeness (QED) is 0.607. The van der Waals surface area contributed by atoms with Gasteiger partial charge in [-0.15, -0.1) is 0 Å². The minimum absolute atomic E-state index is 0.0160. The van der Waals surface area contributed by atoms with Crippen LogP contribution in [-0.2, 0) is 0 Å². The highest BCUT2D eigenvalue weighted by Gasteiger charge is 2.27. The van der Waals surface area contributed by atoms with Gasteiger partial charge in [-0.3, -0.25) is 9.78 Å². The summed E-state index contributed by atoms with van der Waals surface area (Å²) in [6.07, 6.45) is 4.36. The van der Waals surface area contributed by atoms with Crippen LogP contribution in [0.5, 0.6) is 11.5 Å². The van der Waals surface area contributed by atoms with E-state index in [4.69, 9.17) is 25.5 Å². The summed E-state index contributed by atoms with van der Waals surface area (Å²) in [5.74, 6) is 0.686. The first-order valence-corrected chi connectivity index (χ1v) is 9.61. The van der Waals surface area contributed by atoms with E-state index < -0.39 is 5.63 Å². The fourth-order valence-corrected chi connectivity index (χ4v) is 3.58. The molecule has 3 aromatic rings. The lowest BCUT2D eigenvalue weighted by molar-refractivity contribution is 0.0592. The molecule has 1 fully saturated rings. The third-order valence-electron chi connectivity index (χ3n) is 4.93. The normalized spacial score (nSPS) is 14.8. The Morgan fingerprint density at radius 3 is 2.76 bits per heavy atom. The number of likely N-dealkylation sites (tertiary alicyclic amines) is 1. The highest BCUT2D eigenvalue weighted by atomic mass is 35.5. The Morgan fingerprint density at radius 1 is 1.24 bits per heavy atom. The van der Waals surface area contributed by atoms with Crippen molar-refractivity contribution >= 4 is 28.5 Å². The fraction of sp³-hybridized carbons (Fsp3) is 0.286. The van der Waals surface area contributed by atoms with Crippen LogP contribution in [0.1, 0.15) is 23.2 Å². The molecule has 1 amide bonds. The van der Waals surface area contributed by atoms with Gasteiger partial charge in [-0.05, 0) is 12.1 Å². The number of fused-ring (bicyclic) bond motifs is 1. The molecule has 8 heteroatoms. The van der Waals surface area contributed by atoms with Gasteiger partial charge >= 0.3 is 5.63 Å². The summed E-state index contributed by atoms with van der Waals surface area (Å²) in [6.45, 7) is 0.948. The lowest BCUT2D eigenvalue weighted by Crippen LogP contribution is -2.43. The molecule has 7 nitrogen and oxygen atoms in total. The van der Waals surface area contributed by atoms with E-state index >= 15 is 0 Å². The number of hydrogen-bond donors (Lipinski definition) is 0. The molecule has 0 spiro atoms. The largest absolute Gasteiger partial charge is 0.493 e. The minimum atomic E-state index is -0.672. The molecule has 1 aliphatic rings. The SMILES string of the molecule is COc1cccc2cc(C(=O)N3CCC(Oc4ccncc4Cl)CC3)c(=O)oc12. The number of piperidine rings is 1. The maximum absolute atomic E-state index is 12.9. The molecule has 1 aliphatic heterocycles. The van der Waals surface area contributed by atoms with Crippen LogP contribution in [0.4, 0.5) is 0 Å². The Bertz CT molecular complexity index is 1110. The Morgan fingerprint density at radius 2 is 2.03 bits per heavy atom. The molecule has 1 saturated heterocycles. The van der Waals surface area contributed by atoms with Crippen molar-refractivity contribution < 1.29 is 18.7 Å². The number of nitrogens with zero attached hydrogens (tertiary/aromatic N) is 2. The van der Waals surface area contributed by atoms with E-state index in [1.165, 1.54) is 13.3 Å². The smallest absolute Gasteiger partial charge is 0.349 e. The number of pyridine rings is 1. The number of amides is 1. The van der Waals surface area contributed by atoms with Crippen molar-refractivity contribution in [3.63, 3.8) is 0 Å². The Kier molecular flexibility index (Phi) is 5.40. The Labute approximate surface area is 171 Å². The van der Waals surface area contributed by atoms with E-state index in [0.29, 0.717) is 53.4 Å². The molecule has 2 aromatic heterocycles. The molecule has 3 heterocycles. The van der Waals surface area contributed by atoms with Gasteiger partial charge in [0, 0.05) is 49.8 Å². The van der Waals surface area contributed by atoms with Gasteiger partial charge in [-0.1, -0.05) is 23.7 Å². The number of benzene rings is 1. The van der Waals surface area contributed by atoms with E-state index in [1.807, 2.05) is 0 Å². The molecule has 29 heavy (non-hydrogen) atoms. The summed E-state index contributed by atoms with van der Waals surface area (Å²) >= 11 is 6.08. The Hall–Kier alpha value is -3.06. The molecular weight excluding hydrogens is 396 g/mol. The third kappa shape index (κ3) is 3.91. The number of para-hydroxylation sites is 1. The van der Waals surface area contributed by atoms with Crippen LogP contribution in [0.25, 0.3) is 11.0 Å². The lowest BCUT2D eigenvalue weighted by atomic mass is 10.1. The highest BCUT2D eigenvalue weighted by molar-refractivity contribution is 6.31. The average Bonchev–Trinajstić information content (AvgIpc) is 2.74.